The van der Waals surface area contributed by atoms with Crippen LogP contribution in [0.25, 0.3) is 0 Å². The maximum Gasteiger partial charge on any atom is 0.328 e. The molecule has 132 valence electrons. The van der Waals surface area contributed by atoms with Crippen LogP contribution in [0.15, 0.2) is 18.2 Å². The van der Waals surface area contributed by atoms with Crippen LogP contribution in [0.4, 0.5) is 0 Å². The number of amides is 1. The molecule has 0 aliphatic heterocycles. The number of nitrogens with one attached hydrogen (secondary N) is 1. The van der Waals surface area contributed by atoms with Crippen molar-refractivity contribution in [2.75, 3.05) is 14.2 Å². The summed E-state index contributed by atoms with van der Waals surface area (Å²) in [5.41, 5.74) is 1.10. The van der Waals surface area contributed by atoms with Gasteiger partial charge in [-0.15, -0.1) is 0 Å². The van der Waals surface area contributed by atoms with Crippen molar-refractivity contribution in [1.29, 1.82) is 0 Å². The number of carbonyl (C=O) groups is 3. The second-order valence-corrected chi connectivity index (χ2v) is 6.03. The monoisotopic (exact) mass is 335 g/mol. The smallest absolute Gasteiger partial charge is 0.328 e. The number of carbonyl (C=O) groups excluding carboxylic acids is 3. The van der Waals surface area contributed by atoms with E-state index in [1.807, 2.05) is 13.8 Å². The van der Waals surface area contributed by atoms with Gasteiger partial charge in [0.25, 0.3) is 0 Å². The molecule has 0 radical (unpaired) electrons. The van der Waals surface area contributed by atoms with E-state index in [4.69, 9.17) is 9.47 Å². The number of Topliss-reactive ketones (excluding diaryl/α,β-unsaturated/α-hetero) is 1. The molecule has 0 saturated carbocycles. The molecule has 0 bridgehead atoms. The highest BCUT2D eigenvalue weighted by molar-refractivity contribution is 5.95. The van der Waals surface area contributed by atoms with Gasteiger partial charge in [0.2, 0.25) is 5.91 Å². The second-order valence-electron chi connectivity index (χ2n) is 6.03. The van der Waals surface area contributed by atoms with E-state index in [9.17, 15) is 14.4 Å². The van der Waals surface area contributed by atoms with E-state index in [0.29, 0.717) is 23.3 Å². The summed E-state index contributed by atoms with van der Waals surface area (Å²) in [6.45, 7) is 5.38. The van der Waals surface area contributed by atoms with Crippen LogP contribution >= 0.6 is 0 Å². The first-order valence-corrected chi connectivity index (χ1v) is 7.83. The first-order chi connectivity index (χ1) is 11.3. The van der Waals surface area contributed by atoms with E-state index in [1.54, 1.807) is 18.2 Å². The molecule has 0 spiro atoms. The molecule has 1 N–H and O–H groups in total. The SMILES string of the molecule is COC(=O)C(CC(C)C)NC(=O)Cc1cc(C(C)=O)ccc1OC. The minimum Gasteiger partial charge on any atom is -0.496 e. The third-order valence-corrected chi connectivity index (χ3v) is 3.57. The Bertz CT molecular complexity index is 609. The number of benzene rings is 1. The summed E-state index contributed by atoms with van der Waals surface area (Å²) in [5.74, 6) is -0.142. The first-order valence-electron chi connectivity index (χ1n) is 7.83. The largest absolute Gasteiger partial charge is 0.496 e. The summed E-state index contributed by atoms with van der Waals surface area (Å²) in [6, 6.07) is 4.25. The van der Waals surface area contributed by atoms with E-state index in [2.05, 4.69) is 5.32 Å². The number of ether oxygens (including phenoxy) is 2. The summed E-state index contributed by atoms with van der Waals surface area (Å²) in [7, 11) is 2.79. The highest BCUT2D eigenvalue weighted by Crippen LogP contribution is 2.21. The van der Waals surface area contributed by atoms with Crippen LogP contribution in [0.3, 0.4) is 0 Å². The molecule has 6 nitrogen and oxygen atoms in total. The number of methoxy groups -OCH3 is 2. The van der Waals surface area contributed by atoms with Crippen LogP contribution in [-0.2, 0) is 20.7 Å². The van der Waals surface area contributed by atoms with Crippen LogP contribution in [0.5, 0.6) is 5.75 Å². The average molecular weight is 335 g/mol. The highest BCUT2D eigenvalue weighted by atomic mass is 16.5. The van der Waals surface area contributed by atoms with Gasteiger partial charge in [-0.2, -0.15) is 0 Å². The number of esters is 1. The predicted molar refractivity (Wildman–Crippen MR) is 90.1 cm³/mol. The molecule has 0 saturated heterocycles. The molecule has 0 aliphatic rings. The lowest BCUT2D eigenvalue weighted by molar-refractivity contribution is -0.145. The van der Waals surface area contributed by atoms with Gasteiger partial charge < -0.3 is 14.8 Å². The molecule has 24 heavy (non-hydrogen) atoms. The first kappa shape index (κ1) is 19.7. The van der Waals surface area contributed by atoms with Crippen LogP contribution in [0.1, 0.15) is 43.1 Å². The van der Waals surface area contributed by atoms with Crippen molar-refractivity contribution in [3.8, 4) is 5.75 Å². The zero-order valence-corrected chi connectivity index (χ0v) is 14.8. The van der Waals surface area contributed by atoms with Crippen molar-refractivity contribution in [2.24, 2.45) is 5.92 Å². The van der Waals surface area contributed by atoms with Gasteiger partial charge in [0.05, 0.1) is 20.6 Å². The van der Waals surface area contributed by atoms with Gasteiger partial charge in [-0.05, 0) is 37.5 Å². The highest BCUT2D eigenvalue weighted by Gasteiger charge is 2.23. The maximum absolute atomic E-state index is 12.3. The molecular formula is C18H25NO5. The lowest BCUT2D eigenvalue weighted by Gasteiger charge is -2.18. The Morgan fingerprint density at radius 3 is 2.33 bits per heavy atom. The predicted octanol–water partition coefficient (Wildman–Crippen LogP) is 2.14. The third kappa shape index (κ3) is 5.68. The molecule has 6 heteroatoms. The van der Waals surface area contributed by atoms with E-state index in [1.165, 1.54) is 21.1 Å². The van der Waals surface area contributed by atoms with Crippen LogP contribution in [0.2, 0.25) is 0 Å². The fraction of sp³-hybridized carbons (Fsp3) is 0.500. The van der Waals surface area contributed by atoms with Gasteiger partial charge in [0, 0.05) is 11.1 Å². The molecule has 0 heterocycles. The second kappa shape index (κ2) is 9.05. The Kier molecular flexibility index (Phi) is 7.42. The molecule has 1 amide bonds. The summed E-state index contributed by atoms with van der Waals surface area (Å²) in [5, 5.41) is 2.69. The molecule has 1 atom stereocenters. The van der Waals surface area contributed by atoms with Crippen LogP contribution in [0, 0.1) is 5.92 Å². The number of hydrogen-bond donors (Lipinski definition) is 1. The number of hydrogen-bond acceptors (Lipinski definition) is 5. The van der Waals surface area contributed by atoms with Crippen molar-refractivity contribution >= 4 is 17.7 Å². The van der Waals surface area contributed by atoms with Crippen molar-refractivity contribution < 1.29 is 23.9 Å². The maximum atomic E-state index is 12.3. The summed E-state index contributed by atoms with van der Waals surface area (Å²) in [4.78, 5) is 35.6. The zero-order valence-electron chi connectivity index (χ0n) is 14.8. The summed E-state index contributed by atoms with van der Waals surface area (Å²) < 4.78 is 9.97. The quantitative estimate of drug-likeness (QED) is 0.581. The minimum absolute atomic E-state index is 0.00980. The van der Waals surface area contributed by atoms with Crippen molar-refractivity contribution in [3.63, 3.8) is 0 Å². The van der Waals surface area contributed by atoms with Gasteiger partial charge in [0.15, 0.2) is 5.78 Å². The lowest BCUT2D eigenvalue weighted by Crippen LogP contribution is -2.43. The standard InChI is InChI=1S/C18H25NO5/c1-11(2)8-15(18(22)24-5)19-17(21)10-14-9-13(12(3)20)6-7-16(14)23-4/h6-7,9,11,15H,8,10H2,1-5H3,(H,19,21). The molecule has 1 aromatic carbocycles. The van der Waals surface area contributed by atoms with Gasteiger partial charge in [0.1, 0.15) is 11.8 Å². The lowest BCUT2D eigenvalue weighted by atomic mass is 10.0. The molecular weight excluding hydrogens is 310 g/mol. The average Bonchev–Trinajstić information content (AvgIpc) is 2.52. The van der Waals surface area contributed by atoms with Gasteiger partial charge in [-0.3, -0.25) is 9.59 Å². The molecule has 1 rings (SSSR count). The molecule has 0 fully saturated rings. The Labute approximate surface area is 142 Å². The van der Waals surface area contributed by atoms with E-state index >= 15 is 0 Å². The summed E-state index contributed by atoms with van der Waals surface area (Å²) in [6.07, 6.45) is 0.499. The molecule has 1 aromatic rings. The topological polar surface area (TPSA) is 81.7 Å². The fourth-order valence-corrected chi connectivity index (χ4v) is 2.38. The van der Waals surface area contributed by atoms with Crippen LogP contribution in [-0.4, -0.2) is 37.9 Å². The Balaban J connectivity index is 2.90. The van der Waals surface area contributed by atoms with E-state index in [0.717, 1.165) is 0 Å². The Hall–Kier alpha value is -2.37. The van der Waals surface area contributed by atoms with Gasteiger partial charge >= 0.3 is 5.97 Å². The normalized spacial score (nSPS) is 11.8. The van der Waals surface area contributed by atoms with Crippen molar-refractivity contribution in [1.82, 2.24) is 5.32 Å². The molecule has 1 unspecified atom stereocenters. The number of rotatable bonds is 8. The Morgan fingerprint density at radius 2 is 1.83 bits per heavy atom. The van der Waals surface area contributed by atoms with Gasteiger partial charge in [-0.25, -0.2) is 4.79 Å². The Morgan fingerprint density at radius 1 is 1.17 bits per heavy atom. The minimum atomic E-state index is -0.690. The van der Waals surface area contributed by atoms with Crippen molar-refractivity contribution in [3.05, 3.63) is 29.3 Å². The fourth-order valence-electron chi connectivity index (χ4n) is 2.38. The molecule has 0 aliphatic carbocycles. The van der Waals surface area contributed by atoms with Gasteiger partial charge in [-0.1, -0.05) is 13.8 Å². The number of ketones is 1. The third-order valence-electron chi connectivity index (χ3n) is 3.57. The van der Waals surface area contributed by atoms with Crippen molar-refractivity contribution in [2.45, 2.75) is 39.7 Å². The summed E-state index contributed by atoms with van der Waals surface area (Å²) >= 11 is 0. The van der Waals surface area contributed by atoms with E-state index in [-0.39, 0.29) is 24.0 Å². The zero-order chi connectivity index (χ0) is 18.3. The molecule has 0 aromatic heterocycles. The van der Waals surface area contributed by atoms with E-state index < -0.39 is 12.0 Å². The van der Waals surface area contributed by atoms with Crippen LogP contribution < -0.4 is 10.1 Å².